The minimum Gasteiger partial charge on any atom is -0.463 e. The molecule has 0 aliphatic heterocycles. The number of allylic oxidation sites excluding steroid dienone is 1. The maximum absolute atomic E-state index is 11.2. The Bertz CT molecular complexity index is 388. The third kappa shape index (κ3) is 3.83. The molecule has 1 heterocycles. The van der Waals surface area contributed by atoms with Crippen molar-refractivity contribution in [3.8, 4) is 0 Å². The topological polar surface area (TPSA) is 39.2 Å². The molecule has 0 radical (unpaired) electrons. The van der Waals surface area contributed by atoms with Gasteiger partial charge in [0, 0.05) is 12.3 Å². The molecule has 0 unspecified atom stereocenters. The summed E-state index contributed by atoms with van der Waals surface area (Å²) >= 11 is 3.27. The van der Waals surface area contributed by atoms with Gasteiger partial charge in [0.25, 0.3) is 0 Å². The molecule has 15 heavy (non-hydrogen) atoms. The highest BCUT2D eigenvalue weighted by Crippen LogP contribution is 2.16. The average Bonchev–Trinajstić information content (AvgIpc) is 2.18. The molecule has 0 amide bonds. The summed E-state index contributed by atoms with van der Waals surface area (Å²) < 4.78 is 5.57. The average molecular weight is 270 g/mol. The second-order valence-electron chi connectivity index (χ2n) is 2.95. The highest BCUT2D eigenvalue weighted by Gasteiger charge is 2.01. The molecular formula is C11H12BrNO2. The Morgan fingerprint density at radius 3 is 3.00 bits per heavy atom. The van der Waals surface area contributed by atoms with Crippen molar-refractivity contribution in [1.82, 2.24) is 4.98 Å². The molecule has 1 aromatic heterocycles. The van der Waals surface area contributed by atoms with Crippen molar-refractivity contribution < 1.29 is 9.53 Å². The van der Waals surface area contributed by atoms with Crippen LogP contribution in [0.4, 0.5) is 0 Å². The van der Waals surface area contributed by atoms with Gasteiger partial charge >= 0.3 is 5.97 Å². The molecule has 0 bridgehead atoms. The number of halogens is 1. The molecule has 0 aliphatic carbocycles. The summed E-state index contributed by atoms with van der Waals surface area (Å²) in [5.74, 6) is -0.317. The van der Waals surface area contributed by atoms with Crippen molar-refractivity contribution in [2.24, 2.45) is 0 Å². The van der Waals surface area contributed by atoms with Gasteiger partial charge in [-0.15, -0.1) is 0 Å². The maximum Gasteiger partial charge on any atom is 0.331 e. The summed E-state index contributed by atoms with van der Waals surface area (Å²) in [6, 6.07) is 3.70. The van der Waals surface area contributed by atoms with E-state index in [1.165, 1.54) is 6.08 Å². The zero-order valence-corrected chi connectivity index (χ0v) is 10.2. The predicted molar refractivity (Wildman–Crippen MR) is 62.2 cm³/mol. The van der Waals surface area contributed by atoms with Gasteiger partial charge < -0.3 is 4.74 Å². The van der Waals surface area contributed by atoms with Crippen LogP contribution in [0.1, 0.15) is 19.4 Å². The second-order valence-corrected chi connectivity index (χ2v) is 3.76. The number of carbonyl (C=O) groups excluding carboxylic acids is 1. The lowest BCUT2D eigenvalue weighted by Crippen LogP contribution is -2.00. The van der Waals surface area contributed by atoms with Gasteiger partial charge in [-0.1, -0.05) is 0 Å². The number of hydrogen-bond acceptors (Lipinski definition) is 3. The highest BCUT2D eigenvalue weighted by molar-refractivity contribution is 9.10. The van der Waals surface area contributed by atoms with Crippen LogP contribution in [-0.2, 0) is 9.53 Å². The van der Waals surface area contributed by atoms with Gasteiger partial charge in [-0.25, -0.2) is 9.78 Å². The van der Waals surface area contributed by atoms with Crippen molar-refractivity contribution in [1.29, 1.82) is 0 Å². The van der Waals surface area contributed by atoms with E-state index >= 15 is 0 Å². The molecule has 1 rings (SSSR count). The summed E-state index contributed by atoms with van der Waals surface area (Å²) in [5.41, 5.74) is 1.81. The summed E-state index contributed by atoms with van der Waals surface area (Å²) in [4.78, 5) is 15.2. The van der Waals surface area contributed by atoms with Crippen LogP contribution in [0.15, 0.2) is 29.0 Å². The minimum absolute atomic E-state index is 0.317. The van der Waals surface area contributed by atoms with Gasteiger partial charge in [-0.2, -0.15) is 0 Å². The second kappa shape index (κ2) is 5.66. The van der Waals surface area contributed by atoms with Crippen LogP contribution >= 0.6 is 15.9 Å². The lowest BCUT2D eigenvalue weighted by molar-refractivity contribution is -0.137. The van der Waals surface area contributed by atoms with Crippen LogP contribution in [0.5, 0.6) is 0 Å². The Labute approximate surface area is 97.3 Å². The number of nitrogens with zero attached hydrogens (tertiary/aromatic N) is 1. The molecule has 0 saturated heterocycles. The molecule has 0 N–H and O–H groups in total. The molecule has 0 atom stereocenters. The van der Waals surface area contributed by atoms with Crippen LogP contribution in [0, 0.1) is 0 Å². The van der Waals surface area contributed by atoms with Crippen LogP contribution in [-0.4, -0.2) is 17.6 Å². The summed E-state index contributed by atoms with van der Waals surface area (Å²) in [7, 11) is 0. The normalized spacial score (nSPS) is 11.3. The van der Waals surface area contributed by atoms with Crippen LogP contribution in [0.3, 0.4) is 0 Å². The smallest absolute Gasteiger partial charge is 0.331 e. The third-order valence-corrected chi connectivity index (χ3v) is 2.24. The Morgan fingerprint density at radius 1 is 1.67 bits per heavy atom. The van der Waals surface area contributed by atoms with Crippen molar-refractivity contribution in [3.63, 3.8) is 0 Å². The van der Waals surface area contributed by atoms with Gasteiger partial charge in [-0.3, -0.25) is 0 Å². The fourth-order valence-electron chi connectivity index (χ4n) is 1.09. The number of rotatable bonds is 3. The maximum atomic E-state index is 11.2. The van der Waals surface area contributed by atoms with Crippen LogP contribution < -0.4 is 0 Å². The lowest BCUT2D eigenvalue weighted by Gasteiger charge is -2.02. The molecule has 0 spiro atoms. The molecule has 4 heteroatoms. The lowest BCUT2D eigenvalue weighted by atomic mass is 10.1. The quantitative estimate of drug-likeness (QED) is 0.481. The number of esters is 1. The third-order valence-electron chi connectivity index (χ3n) is 1.80. The van der Waals surface area contributed by atoms with Crippen molar-refractivity contribution in [2.75, 3.05) is 6.61 Å². The van der Waals surface area contributed by atoms with E-state index in [-0.39, 0.29) is 5.97 Å². The molecule has 1 aromatic rings. The molecular weight excluding hydrogens is 258 g/mol. The number of carbonyl (C=O) groups is 1. The first-order valence-corrected chi connectivity index (χ1v) is 5.39. The Balaban J connectivity index is 2.84. The zero-order chi connectivity index (χ0) is 11.3. The number of aromatic nitrogens is 1. The molecule has 0 fully saturated rings. The highest BCUT2D eigenvalue weighted by atomic mass is 79.9. The summed E-state index contributed by atoms with van der Waals surface area (Å²) in [6.07, 6.45) is 3.16. The van der Waals surface area contributed by atoms with E-state index in [0.717, 1.165) is 15.7 Å². The van der Waals surface area contributed by atoms with Gasteiger partial charge in [0.1, 0.15) is 4.60 Å². The molecule has 0 saturated carbocycles. The van der Waals surface area contributed by atoms with E-state index in [1.807, 2.05) is 19.1 Å². The zero-order valence-electron chi connectivity index (χ0n) is 8.66. The largest absolute Gasteiger partial charge is 0.463 e. The van der Waals surface area contributed by atoms with E-state index in [1.54, 1.807) is 13.1 Å². The van der Waals surface area contributed by atoms with E-state index in [9.17, 15) is 4.79 Å². The van der Waals surface area contributed by atoms with E-state index in [4.69, 9.17) is 4.74 Å². The minimum atomic E-state index is -0.317. The monoisotopic (exact) mass is 269 g/mol. The van der Waals surface area contributed by atoms with Crippen LogP contribution in [0.2, 0.25) is 0 Å². The molecule has 0 aliphatic rings. The SMILES string of the molecule is CCOC(=O)/C=C(/C)c1ccnc(Br)c1. The van der Waals surface area contributed by atoms with Crippen molar-refractivity contribution >= 4 is 27.5 Å². The van der Waals surface area contributed by atoms with Crippen molar-refractivity contribution in [3.05, 3.63) is 34.6 Å². The fourth-order valence-corrected chi connectivity index (χ4v) is 1.46. The predicted octanol–water partition coefficient (Wildman–Crippen LogP) is 2.81. The van der Waals surface area contributed by atoms with Gasteiger partial charge in [-0.05, 0) is 53.0 Å². The van der Waals surface area contributed by atoms with Crippen molar-refractivity contribution in [2.45, 2.75) is 13.8 Å². The number of hydrogen-bond donors (Lipinski definition) is 0. The van der Waals surface area contributed by atoms with Gasteiger partial charge in [0.2, 0.25) is 0 Å². The van der Waals surface area contributed by atoms with Gasteiger partial charge in [0.15, 0.2) is 0 Å². The van der Waals surface area contributed by atoms with Gasteiger partial charge in [0.05, 0.1) is 6.61 Å². The standard InChI is InChI=1S/C11H12BrNO2/c1-3-15-11(14)6-8(2)9-4-5-13-10(12)7-9/h4-7H,3H2,1-2H3/b8-6-. The Morgan fingerprint density at radius 2 is 2.40 bits per heavy atom. The first-order chi connectivity index (χ1) is 7.13. The number of pyridine rings is 1. The first kappa shape index (κ1) is 11.9. The molecule has 80 valence electrons. The first-order valence-electron chi connectivity index (χ1n) is 4.60. The van der Waals surface area contributed by atoms with E-state index in [0.29, 0.717) is 6.61 Å². The molecule has 0 aromatic carbocycles. The summed E-state index contributed by atoms with van der Waals surface area (Å²) in [6.45, 7) is 4.03. The van der Waals surface area contributed by atoms with E-state index in [2.05, 4.69) is 20.9 Å². The number of ether oxygens (including phenoxy) is 1. The summed E-state index contributed by atoms with van der Waals surface area (Å²) in [5, 5.41) is 0. The van der Waals surface area contributed by atoms with E-state index < -0.39 is 0 Å². The Kier molecular flexibility index (Phi) is 4.49. The Hall–Kier alpha value is -1.16. The fraction of sp³-hybridized carbons (Fsp3) is 0.273. The van der Waals surface area contributed by atoms with Crippen LogP contribution in [0.25, 0.3) is 5.57 Å². The molecule has 3 nitrogen and oxygen atoms in total.